The molecular formula is C9H9NO. The van der Waals surface area contributed by atoms with Gasteiger partial charge >= 0.3 is 0 Å². The van der Waals surface area contributed by atoms with Gasteiger partial charge in [-0.3, -0.25) is 4.98 Å². The molecule has 0 fully saturated rings. The number of aromatic nitrogens is 1. The van der Waals surface area contributed by atoms with Gasteiger partial charge in [0, 0.05) is 5.56 Å². The van der Waals surface area contributed by atoms with Crippen LogP contribution in [0.2, 0.25) is 0 Å². The van der Waals surface area contributed by atoms with Crippen molar-refractivity contribution in [3.8, 4) is 18.1 Å². The van der Waals surface area contributed by atoms with E-state index in [-0.39, 0.29) is 0 Å². The van der Waals surface area contributed by atoms with E-state index in [0.29, 0.717) is 5.75 Å². The third-order valence-corrected chi connectivity index (χ3v) is 1.45. The predicted molar refractivity (Wildman–Crippen MR) is 43.5 cm³/mol. The monoisotopic (exact) mass is 147 g/mol. The number of pyridine rings is 1. The maximum absolute atomic E-state index is 5.23. The molecule has 0 aromatic carbocycles. The number of methoxy groups -OCH3 is 1. The van der Waals surface area contributed by atoms with Crippen LogP contribution in [0, 0.1) is 19.3 Å². The van der Waals surface area contributed by atoms with Gasteiger partial charge in [-0.15, -0.1) is 6.42 Å². The minimum atomic E-state index is 0.698. The molecule has 0 aliphatic carbocycles. The molecule has 0 radical (unpaired) electrons. The summed E-state index contributed by atoms with van der Waals surface area (Å²) in [5.41, 5.74) is 1.64. The summed E-state index contributed by atoms with van der Waals surface area (Å²) in [4.78, 5) is 4.05. The zero-order valence-corrected chi connectivity index (χ0v) is 6.59. The lowest BCUT2D eigenvalue weighted by atomic mass is 10.2. The first-order valence-corrected chi connectivity index (χ1v) is 3.25. The molecule has 2 heteroatoms. The van der Waals surface area contributed by atoms with Gasteiger partial charge in [-0.05, 0) is 13.0 Å². The van der Waals surface area contributed by atoms with E-state index >= 15 is 0 Å². The van der Waals surface area contributed by atoms with Crippen LogP contribution in [0.3, 0.4) is 0 Å². The van der Waals surface area contributed by atoms with E-state index in [4.69, 9.17) is 11.2 Å². The highest BCUT2D eigenvalue weighted by Gasteiger charge is 1.97. The van der Waals surface area contributed by atoms with Crippen LogP contribution in [-0.2, 0) is 0 Å². The molecule has 0 saturated heterocycles. The quantitative estimate of drug-likeness (QED) is 0.560. The van der Waals surface area contributed by atoms with E-state index in [1.165, 1.54) is 0 Å². The molecule has 0 unspecified atom stereocenters. The summed E-state index contributed by atoms with van der Waals surface area (Å²) in [5.74, 6) is 3.23. The van der Waals surface area contributed by atoms with Crippen molar-refractivity contribution in [3.63, 3.8) is 0 Å². The van der Waals surface area contributed by atoms with E-state index in [2.05, 4.69) is 10.9 Å². The molecule has 1 heterocycles. The van der Waals surface area contributed by atoms with E-state index in [9.17, 15) is 0 Å². The summed E-state index contributed by atoms with van der Waals surface area (Å²) in [6.45, 7) is 1.87. The SMILES string of the molecule is C#Cc1cc(OC)cnc1C. The van der Waals surface area contributed by atoms with Gasteiger partial charge in [-0.2, -0.15) is 0 Å². The minimum Gasteiger partial charge on any atom is -0.495 e. The zero-order valence-electron chi connectivity index (χ0n) is 6.59. The van der Waals surface area contributed by atoms with Crippen LogP contribution in [0.5, 0.6) is 5.75 Å². The van der Waals surface area contributed by atoms with E-state index in [1.54, 1.807) is 19.4 Å². The number of hydrogen-bond acceptors (Lipinski definition) is 2. The molecule has 0 N–H and O–H groups in total. The molecule has 1 aromatic rings. The second-order valence-electron chi connectivity index (χ2n) is 2.15. The molecular weight excluding hydrogens is 138 g/mol. The third kappa shape index (κ3) is 1.50. The Morgan fingerprint density at radius 2 is 2.36 bits per heavy atom. The Bertz CT molecular complexity index is 299. The molecule has 0 aliphatic rings. The van der Waals surface area contributed by atoms with Crippen LogP contribution in [-0.4, -0.2) is 12.1 Å². The number of aryl methyl sites for hydroxylation is 1. The number of ether oxygens (including phenoxy) is 1. The van der Waals surface area contributed by atoms with Crippen LogP contribution >= 0.6 is 0 Å². The molecule has 0 atom stereocenters. The highest BCUT2D eigenvalue weighted by atomic mass is 16.5. The molecule has 1 aromatic heterocycles. The van der Waals surface area contributed by atoms with Crippen molar-refractivity contribution in [1.29, 1.82) is 0 Å². The van der Waals surface area contributed by atoms with Gasteiger partial charge in [0.2, 0.25) is 0 Å². The zero-order chi connectivity index (χ0) is 8.27. The van der Waals surface area contributed by atoms with Gasteiger partial charge in [-0.25, -0.2) is 0 Å². The van der Waals surface area contributed by atoms with Crippen molar-refractivity contribution in [2.75, 3.05) is 7.11 Å². The number of nitrogens with zero attached hydrogens (tertiary/aromatic N) is 1. The largest absolute Gasteiger partial charge is 0.495 e. The van der Waals surface area contributed by atoms with Crippen LogP contribution in [0.15, 0.2) is 12.3 Å². The first-order chi connectivity index (χ1) is 5.27. The fraction of sp³-hybridized carbons (Fsp3) is 0.222. The molecule has 0 aliphatic heterocycles. The number of rotatable bonds is 1. The van der Waals surface area contributed by atoms with Crippen molar-refractivity contribution < 1.29 is 4.74 Å². The topological polar surface area (TPSA) is 22.1 Å². The van der Waals surface area contributed by atoms with E-state index in [1.807, 2.05) is 6.92 Å². The second-order valence-corrected chi connectivity index (χ2v) is 2.15. The second kappa shape index (κ2) is 3.07. The van der Waals surface area contributed by atoms with Crippen LogP contribution in [0.1, 0.15) is 11.3 Å². The van der Waals surface area contributed by atoms with Crippen molar-refractivity contribution in [1.82, 2.24) is 4.98 Å². The Kier molecular flexibility index (Phi) is 2.12. The molecule has 0 bridgehead atoms. The van der Waals surface area contributed by atoms with Gasteiger partial charge in [0.1, 0.15) is 5.75 Å². The number of terminal acetylenes is 1. The Morgan fingerprint density at radius 3 is 2.91 bits per heavy atom. The van der Waals surface area contributed by atoms with Crippen LogP contribution in [0.25, 0.3) is 0 Å². The molecule has 0 amide bonds. The van der Waals surface area contributed by atoms with E-state index < -0.39 is 0 Å². The lowest BCUT2D eigenvalue weighted by Gasteiger charge is -2.00. The molecule has 0 saturated carbocycles. The first kappa shape index (κ1) is 7.62. The molecule has 1 rings (SSSR count). The lowest BCUT2D eigenvalue weighted by molar-refractivity contribution is 0.412. The van der Waals surface area contributed by atoms with E-state index in [0.717, 1.165) is 11.3 Å². The molecule has 2 nitrogen and oxygen atoms in total. The standard InChI is InChI=1S/C9H9NO/c1-4-8-5-9(11-3)6-10-7(8)2/h1,5-6H,2-3H3. The van der Waals surface area contributed by atoms with Gasteiger partial charge in [0.15, 0.2) is 0 Å². The van der Waals surface area contributed by atoms with Gasteiger partial charge in [-0.1, -0.05) is 5.92 Å². The summed E-state index contributed by atoms with van der Waals surface area (Å²) in [5, 5.41) is 0. The Hall–Kier alpha value is -1.49. The summed E-state index contributed by atoms with van der Waals surface area (Å²) in [6, 6.07) is 1.79. The fourth-order valence-corrected chi connectivity index (χ4v) is 0.772. The minimum absolute atomic E-state index is 0.698. The Morgan fingerprint density at radius 1 is 1.64 bits per heavy atom. The maximum Gasteiger partial charge on any atom is 0.138 e. The molecule has 56 valence electrons. The van der Waals surface area contributed by atoms with Crippen molar-refractivity contribution in [2.24, 2.45) is 0 Å². The third-order valence-electron chi connectivity index (χ3n) is 1.45. The molecule has 0 spiro atoms. The Balaban J connectivity index is 3.15. The summed E-state index contributed by atoms with van der Waals surface area (Å²) in [7, 11) is 1.59. The summed E-state index contributed by atoms with van der Waals surface area (Å²) >= 11 is 0. The lowest BCUT2D eigenvalue weighted by Crippen LogP contribution is -1.90. The van der Waals surface area contributed by atoms with Crippen molar-refractivity contribution >= 4 is 0 Å². The summed E-state index contributed by atoms with van der Waals surface area (Å²) in [6.07, 6.45) is 6.88. The van der Waals surface area contributed by atoms with Crippen molar-refractivity contribution in [3.05, 3.63) is 23.5 Å². The van der Waals surface area contributed by atoms with Gasteiger partial charge in [0.25, 0.3) is 0 Å². The highest BCUT2D eigenvalue weighted by Crippen LogP contribution is 2.12. The first-order valence-electron chi connectivity index (χ1n) is 3.25. The van der Waals surface area contributed by atoms with Crippen LogP contribution in [0.4, 0.5) is 0 Å². The normalized spacial score (nSPS) is 8.82. The average molecular weight is 147 g/mol. The smallest absolute Gasteiger partial charge is 0.138 e. The number of hydrogen-bond donors (Lipinski definition) is 0. The van der Waals surface area contributed by atoms with Gasteiger partial charge < -0.3 is 4.74 Å². The van der Waals surface area contributed by atoms with Gasteiger partial charge in [0.05, 0.1) is 19.0 Å². The van der Waals surface area contributed by atoms with Crippen LogP contribution < -0.4 is 4.74 Å². The van der Waals surface area contributed by atoms with Crippen molar-refractivity contribution in [2.45, 2.75) is 6.92 Å². The molecule has 11 heavy (non-hydrogen) atoms. The summed E-state index contributed by atoms with van der Waals surface area (Å²) < 4.78 is 4.95. The highest BCUT2D eigenvalue weighted by molar-refractivity contribution is 5.39. The predicted octanol–water partition coefficient (Wildman–Crippen LogP) is 1.38. The fourth-order valence-electron chi connectivity index (χ4n) is 0.772. The maximum atomic E-state index is 5.23. The Labute approximate surface area is 66.2 Å². The average Bonchev–Trinajstić information content (AvgIpc) is 2.05.